The molecule has 104 valence electrons. The molecule has 2 nitrogen and oxygen atoms in total. The fraction of sp³-hybridized carbons (Fsp3) is 0.222. The lowest BCUT2D eigenvalue weighted by Crippen LogP contribution is -2.17. The van der Waals surface area contributed by atoms with E-state index in [1.807, 2.05) is 18.2 Å². The van der Waals surface area contributed by atoms with Gasteiger partial charge in [-0.1, -0.05) is 54.6 Å². The molecule has 20 heavy (non-hydrogen) atoms. The monoisotopic (exact) mass is 267 g/mol. The van der Waals surface area contributed by atoms with Crippen molar-refractivity contribution in [3.05, 3.63) is 71.8 Å². The molecule has 0 unspecified atom stereocenters. The van der Waals surface area contributed by atoms with Gasteiger partial charge in [0.25, 0.3) is 0 Å². The maximum atomic E-state index is 5.16. The first-order chi connectivity index (χ1) is 9.78. The Labute approximate surface area is 121 Å². The first-order valence-electron chi connectivity index (χ1n) is 6.81. The standard InChI is InChI=1S/C18H21NO/c1-19(14-6-9-16-7-4-3-5-8-16)15-17-10-12-18(20-2)13-11-17/h3-13H,14-15H2,1-2H3. The van der Waals surface area contributed by atoms with Crippen LogP contribution in [0.25, 0.3) is 6.08 Å². The highest BCUT2D eigenvalue weighted by molar-refractivity contribution is 5.48. The molecular formula is C18H21NO. The van der Waals surface area contributed by atoms with Gasteiger partial charge in [-0.2, -0.15) is 0 Å². The van der Waals surface area contributed by atoms with Gasteiger partial charge in [0.15, 0.2) is 0 Å². The van der Waals surface area contributed by atoms with Crippen molar-refractivity contribution in [3.8, 4) is 5.75 Å². The molecule has 0 aliphatic rings. The van der Waals surface area contributed by atoms with Crippen molar-refractivity contribution in [2.45, 2.75) is 6.54 Å². The van der Waals surface area contributed by atoms with Crippen molar-refractivity contribution < 1.29 is 4.74 Å². The summed E-state index contributed by atoms with van der Waals surface area (Å²) in [6, 6.07) is 18.6. The molecular weight excluding hydrogens is 246 g/mol. The predicted octanol–water partition coefficient (Wildman–Crippen LogP) is 3.84. The van der Waals surface area contributed by atoms with E-state index in [4.69, 9.17) is 4.74 Å². The van der Waals surface area contributed by atoms with Crippen molar-refractivity contribution in [1.29, 1.82) is 0 Å². The fourth-order valence-corrected chi connectivity index (χ4v) is 2.04. The average Bonchev–Trinajstić information content (AvgIpc) is 2.49. The topological polar surface area (TPSA) is 12.5 Å². The van der Waals surface area contributed by atoms with Gasteiger partial charge in [0.05, 0.1) is 7.11 Å². The minimum Gasteiger partial charge on any atom is -0.497 e. The minimum atomic E-state index is 0.903. The fourth-order valence-electron chi connectivity index (χ4n) is 2.04. The van der Waals surface area contributed by atoms with E-state index in [1.54, 1.807) is 7.11 Å². The molecule has 0 atom stereocenters. The quantitative estimate of drug-likeness (QED) is 0.788. The molecule has 0 heterocycles. The van der Waals surface area contributed by atoms with Crippen molar-refractivity contribution in [2.75, 3.05) is 20.7 Å². The van der Waals surface area contributed by atoms with Crippen molar-refractivity contribution >= 4 is 6.08 Å². The summed E-state index contributed by atoms with van der Waals surface area (Å²) in [5, 5.41) is 0. The van der Waals surface area contributed by atoms with Crippen LogP contribution in [0.2, 0.25) is 0 Å². The first-order valence-corrected chi connectivity index (χ1v) is 6.81. The predicted molar refractivity (Wildman–Crippen MR) is 84.8 cm³/mol. The van der Waals surface area contributed by atoms with Gasteiger partial charge in [-0.25, -0.2) is 0 Å². The van der Waals surface area contributed by atoms with E-state index >= 15 is 0 Å². The van der Waals surface area contributed by atoms with Gasteiger partial charge < -0.3 is 4.74 Å². The molecule has 0 bridgehead atoms. The summed E-state index contributed by atoms with van der Waals surface area (Å²) >= 11 is 0. The SMILES string of the molecule is COc1ccc(CN(C)CC=Cc2ccccc2)cc1. The highest BCUT2D eigenvalue weighted by Gasteiger charge is 1.99. The lowest BCUT2D eigenvalue weighted by atomic mass is 10.2. The zero-order valence-corrected chi connectivity index (χ0v) is 12.1. The van der Waals surface area contributed by atoms with Crippen LogP contribution in [0.3, 0.4) is 0 Å². The Balaban J connectivity index is 1.82. The highest BCUT2D eigenvalue weighted by Crippen LogP contribution is 2.12. The van der Waals surface area contributed by atoms with Gasteiger partial charge in [0.2, 0.25) is 0 Å². The Morgan fingerprint density at radius 3 is 2.35 bits per heavy atom. The van der Waals surface area contributed by atoms with Crippen LogP contribution in [0.15, 0.2) is 60.7 Å². The molecule has 0 saturated heterocycles. The van der Waals surface area contributed by atoms with E-state index in [9.17, 15) is 0 Å². The second-order valence-electron chi connectivity index (χ2n) is 4.86. The first kappa shape index (κ1) is 14.4. The maximum absolute atomic E-state index is 5.16. The molecule has 0 amide bonds. The van der Waals surface area contributed by atoms with Gasteiger partial charge in [0.1, 0.15) is 5.75 Å². The molecule has 0 saturated carbocycles. The Morgan fingerprint density at radius 2 is 1.70 bits per heavy atom. The number of rotatable bonds is 6. The molecule has 2 aromatic carbocycles. The second-order valence-corrected chi connectivity index (χ2v) is 4.86. The summed E-state index contributed by atoms with van der Waals surface area (Å²) in [5.41, 5.74) is 2.53. The van der Waals surface area contributed by atoms with Crippen LogP contribution in [0.1, 0.15) is 11.1 Å². The summed E-state index contributed by atoms with van der Waals surface area (Å²) in [6.07, 6.45) is 4.35. The Kier molecular flexibility index (Phi) is 5.39. The van der Waals surface area contributed by atoms with E-state index in [1.165, 1.54) is 11.1 Å². The average molecular weight is 267 g/mol. The number of nitrogens with zero attached hydrogens (tertiary/aromatic N) is 1. The Hall–Kier alpha value is -2.06. The lowest BCUT2D eigenvalue weighted by Gasteiger charge is -2.14. The van der Waals surface area contributed by atoms with Gasteiger partial charge in [-0.3, -0.25) is 4.90 Å². The number of methoxy groups -OCH3 is 1. The number of likely N-dealkylation sites (N-methyl/N-ethyl adjacent to an activating group) is 1. The smallest absolute Gasteiger partial charge is 0.118 e. The second kappa shape index (κ2) is 7.51. The van der Waals surface area contributed by atoms with Gasteiger partial charge in [-0.15, -0.1) is 0 Å². The van der Waals surface area contributed by atoms with Crippen molar-refractivity contribution in [1.82, 2.24) is 4.90 Å². The molecule has 0 radical (unpaired) electrons. The van der Waals surface area contributed by atoms with Crippen molar-refractivity contribution in [3.63, 3.8) is 0 Å². The molecule has 2 heteroatoms. The Bertz CT molecular complexity index is 531. The summed E-state index contributed by atoms with van der Waals surface area (Å²) in [7, 11) is 3.81. The van der Waals surface area contributed by atoms with Gasteiger partial charge in [-0.05, 0) is 30.3 Å². The minimum absolute atomic E-state index is 0.903. The Morgan fingerprint density at radius 1 is 1.00 bits per heavy atom. The zero-order chi connectivity index (χ0) is 14.2. The normalized spacial score (nSPS) is 11.2. The molecule has 2 aromatic rings. The summed E-state index contributed by atoms with van der Waals surface area (Å²) < 4.78 is 5.16. The van der Waals surface area contributed by atoms with E-state index in [0.29, 0.717) is 0 Å². The molecule has 0 spiro atoms. The summed E-state index contributed by atoms with van der Waals surface area (Å²) in [6.45, 7) is 1.87. The molecule has 0 N–H and O–H groups in total. The number of benzene rings is 2. The van der Waals surface area contributed by atoms with E-state index < -0.39 is 0 Å². The number of hydrogen-bond donors (Lipinski definition) is 0. The highest BCUT2D eigenvalue weighted by atomic mass is 16.5. The van der Waals surface area contributed by atoms with Gasteiger partial charge >= 0.3 is 0 Å². The third-order valence-corrected chi connectivity index (χ3v) is 3.14. The largest absolute Gasteiger partial charge is 0.497 e. The third kappa shape index (κ3) is 4.56. The molecule has 0 fully saturated rings. The van der Waals surface area contributed by atoms with Crippen LogP contribution < -0.4 is 4.74 Å². The van der Waals surface area contributed by atoms with Crippen LogP contribution in [0.5, 0.6) is 5.75 Å². The van der Waals surface area contributed by atoms with E-state index in [0.717, 1.165) is 18.8 Å². The van der Waals surface area contributed by atoms with Gasteiger partial charge in [0, 0.05) is 13.1 Å². The maximum Gasteiger partial charge on any atom is 0.118 e. The van der Waals surface area contributed by atoms with Crippen LogP contribution in [0, 0.1) is 0 Å². The number of hydrogen-bond acceptors (Lipinski definition) is 2. The van der Waals surface area contributed by atoms with Crippen LogP contribution in [-0.2, 0) is 6.54 Å². The van der Waals surface area contributed by atoms with E-state index in [2.05, 4.69) is 60.5 Å². The molecule has 0 aromatic heterocycles. The van der Waals surface area contributed by atoms with Crippen LogP contribution in [0.4, 0.5) is 0 Å². The van der Waals surface area contributed by atoms with Crippen LogP contribution in [-0.4, -0.2) is 25.6 Å². The lowest BCUT2D eigenvalue weighted by molar-refractivity contribution is 0.363. The summed E-state index contributed by atoms with van der Waals surface area (Å²) in [5.74, 6) is 0.903. The summed E-state index contributed by atoms with van der Waals surface area (Å²) in [4.78, 5) is 2.28. The molecule has 2 rings (SSSR count). The van der Waals surface area contributed by atoms with E-state index in [-0.39, 0.29) is 0 Å². The molecule has 0 aliphatic carbocycles. The number of ether oxygens (including phenoxy) is 1. The zero-order valence-electron chi connectivity index (χ0n) is 12.1. The van der Waals surface area contributed by atoms with Crippen LogP contribution >= 0.6 is 0 Å². The molecule has 0 aliphatic heterocycles. The third-order valence-electron chi connectivity index (χ3n) is 3.14. The van der Waals surface area contributed by atoms with Crippen molar-refractivity contribution in [2.24, 2.45) is 0 Å².